The average Bonchev–Trinajstić information content (AvgIpc) is 2.85. The number of nitrogens with zero attached hydrogens (tertiary/aromatic N) is 1. The van der Waals surface area contributed by atoms with E-state index in [2.05, 4.69) is 10.3 Å². The second-order valence-electron chi connectivity index (χ2n) is 3.66. The fourth-order valence-corrected chi connectivity index (χ4v) is 1.98. The van der Waals surface area contributed by atoms with E-state index < -0.39 is 0 Å². The summed E-state index contributed by atoms with van der Waals surface area (Å²) in [5.41, 5.74) is 2.30. The first kappa shape index (κ1) is 11.6. The van der Waals surface area contributed by atoms with Crippen LogP contribution in [0.3, 0.4) is 0 Å². The van der Waals surface area contributed by atoms with Crippen LogP contribution >= 0.6 is 23.2 Å². The van der Waals surface area contributed by atoms with Crippen molar-refractivity contribution in [3.63, 3.8) is 0 Å². The van der Waals surface area contributed by atoms with Crippen molar-refractivity contribution in [1.29, 1.82) is 0 Å². The molecular formula is C11H13Cl2N3. The molecule has 0 bridgehead atoms. The molecule has 2 N–H and O–H groups in total. The third-order valence-corrected chi connectivity index (χ3v) is 3.36. The van der Waals surface area contributed by atoms with E-state index in [9.17, 15) is 0 Å². The monoisotopic (exact) mass is 257 g/mol. The summed E-state index contributed by atoms with van der Waals surface area (Å²) in [7, 11) is 1.90. The van der Waals surface area contributed by atoms with E-state index in [0.29, 0.717) is 10.2 Å². The van der Waals surface area contributed by atoms with E-state index in [0.717, 1.165) is 18.8 Å². The van der Waals surface area contributed by atoms with Crippen LogP contribution in [0, 0.1) is 0 Å². The third-order valence-electron chi connectivity index (χ3n) is 2.51. The minimum absolute atomic E-state index is 0.583. The molecule has 0 radical (unpaired) electrons. The first-order chi connectivity index (χ1) is 7.68. The SMILES string of the molecule is Cn1c(CNCc2cc[nH]c2)cc(Cl)c1Cl. The summed E-state index contributed by atoms with van der Waals surface area (Å²) >= 11 is 11.9. The second-order valence-corrected chi connectivity index (χ2v) is 4.42. The van der Waals surface area contributed by atoms with Gasteiger partial charge in [0.05, 0.1) is 5.02 Å². The summed E-state index contributed by atoms with van der Waals surface area (Å²) in [4.78, 5) is 3.02. The van der Waals surface area contributed by atoms with Gasteiger partial charge in [-0.3, -0.25) is 0 Å². The predicted molar refractivity (Wildman–Crippen MR) is 66.8 cm³/mol. The normalized spacial score (nSPS) is 10.9. The maximum absolute atomic E-state index is 5.98. The molecule has 16 heavy (non-hydrogen) atoms. The number of nitrogens with one attached hydrogen (secondary N) is 2. The van der Waals surface area contributed by atoms with Gasteiger partial charge in [0.2, 0.25) is 0 Å². The van der Waals surface area contributed by atoms with Gasteiger partial charge in [-0.15, -0.1) is 0 Å². The highest BCUT2D eigenvalue weighted by Crippen LogP contribution is 2.24. The van der Waals surface area contributed by atoms with Gasteiger partial charge >= 0.3 is 0 Å². The fraction of sp³-hybridized carbons (Fsp3) is 0.273. The molecule has 0 saturated carbocycles. The Morgan fingerprint density at radius 2 is 2.19 bits per heavy atom. The van der Waals surface area contributed by atoms with Gasteiger partial charge < -0.3 is 14.9 Å². The van der Waals surface area contributed by atoms with Crippen LogP contribution in [-0.4, -0.2) is 9.55 Å². The van der Waals surface area contributed by atoms with E-state index in [1.165, 1.54) is 5.56 Å². The highest BCUT2D eigenvalue weighted by molar-refractivity contribution is 6.41. The van der Waals surface area contributed by atoms with Crippen molar-refractivity contribution in [1.82, 2.24) is 14.9 Å². The molecule has 0 atom stereocenters. The van der Waals surface area contributed by atoms with Crippen LogP contribution < -0.4 is 5.32 Å². The van der Waals surface area contributed by atoms with Crippen molar-refractivity contribution in [3.8, 4) is 0 Å². The van der Waals surface area contributed by atoms with Gasteiger partial charge in [0, 0.05) is 38.2 Å². The lowest BCUT2D eigenvalue weighted by atomic mass is 10.3. The Labute approximate surface area is 104 Å². The van der Waals surface area contributed by atoms with Crippen LogP contribution in [0.1, 0.15) is 11.3 Å². The lowest BCUT2D eigenvalue weighted by Crippen LogP contribution is -2.14. The number of hydrogen-bond acceptors (Lipinski definition) is 1. The molecule has 0 aliphatic rings. The van der Waals surface area contributed by atoms with Crippen molar-refractivity contribution in [2.24, 2.45) is 7.05 Å². The smallest absolute Gasteiger partial charge is 0.127 e. The standard InChI is InChI=1S/C11H13Cl2N3/c1-16-9(4-10(12)11(16)13)7-15-6-8-2-3-14-5-8/h2-5,14-15H,6-7H2,1H3. The molecule has 2 aromatic rings. The van der Waals surface area contributed by atoms with E-state index in [1.807, 2.05) is 36.1 Å². The highest BCUT2D eigenvalue weighted by Gasteiger charge is 2.07. The maximum atomic E-state index is 5.98. The Balaban J connectivity index is 1.92. The molecule has 2 rings (SSSR count). The number of rotatable bonds is 4. The first-order valence-corrected chi connectivity index (χ1v) is 5.76. The topological polar surface area (TPSA) is 32.8 Å². The van der Waals surface area contributed by atoms with E-state index in [4.69, 9.17) is 23.2 Å². The fourth-order valence-electron chi connectivity index (χ4n) is 1.56. The molecule has 86 valence electrons. The highest BCUT2D eigenvalue weighted by atomic mass is 35.5. The molecular weight excluding hydrogens is 245 g/mol. The zero-order valence-corrected chi connectivity index (χ0v) is 10.4. The lowest BCUT2D eigenvalue weighted by molar-refractivity contribution is 0.656. The van der Waals surface area contributed by atoms with Gasteiger partial charge in [-0.2, -0.15) is 0 Å². The van der Waals surface area contributed by atoms with Crippen molar-refractivity contribution >= 4 is 23.2 Å². The average molecular weight is 258 g/mol. The van der Waals surface area contributed by atoms with Gasteiger partial charge in [0.15, 0.2) is 0 Å². The molecule has 0 aromatic carbocycles. The van der Waals surface area contributed by atoms with Gasteiger partial charge in [-0.05, 0) is 17.7 Å². The molecule has 0 aliphatic heterocycles. The Morgan fingerprint density at radius 1 is 1.38 bits per heavy atom. The summed E-state index contributed by atoms with van der Waals surface area (Å²) < 4.78 is 1.88. The Kier molecular flexibility index (Phi) is 3.59. The van der Waals surface area contributed by atoms with Crippen LogP contribution in [0.5, 0.6) is 0 Å². The zero-order valence-electron chi connectivity index (χ0n) is 8.93. The minimum atomic E-state index is 0.583. The van der Waals surface area contributed by atoms with Gasteiger partial charge in [0.25, 0.3) is 0 Å². The number of aromatic nitrogens is 2. The van der Waals surface area contributed by atoms with E-state index in [-0.39, 0.29) is 0 Å². The number of hydrogen-bond donors (Lipinski definition) is 2. The predicted octanol–water partition coefficient (Wildman–Crippen LogP) is 2.95. The Hall–Kier alpha value is -0.900. The van der Waals surface area contributed by atoms with E-state index >= 15 is 0 Å². The molecule has 0 amide bonds. The Bertz CT molecular complexity index is 460. The number of halogens is 2. The maximum Gasteiger partial charge on any atom is 0.127 e. The summed E-state index contributed by atoms with van der Waals surface area (Å²) in [6.07, 6.45) is 3.88. The van der Waals surface area contributed by atoms with Crippen molar-refractivity contribution < 1.29 is 0 Å². The largest absolute Gasteiger partial charge is 0.367 e. The minimum Gasteiger partial charge on any atom is -0.367 e. The van der Waals surface area contributed by atoms with Crippen LogP contribution in [0.4, 0.5) is 0 Å². The quantitative estimate of drug-likeness (QED) is 0.868. The number of aromatic amines is 1. The van der Waals surface area contributed by atoms with Crippen LogP contribution in [0.2, 0.25) is 10.2 Å². The molecule has 0 fully saturated rings. The van der Waals surface area contributed by atoms with Crippen molar-refractivity contribution in [2.75, 3.05) is 0 Å². The van der Waals surface area contributed by atoms with Gasteiger partial charge in [-0.25, -0.2) is 0 Å². The zero-order chi connectivity index (χ0) is 11.5. The molecule has 2 aromatic heterocycles. The summed E-state index contributed by atoms with van der Waals surface area (Å²) in [5, 5.41) is 4.51. The molecule has 5 heteroatoms. The summed E-state index contributed by atoms with van der Waals surface area (Å²) in [5.74, 6) is 0. The molecule has 0 spiro atoms. The lowest BCUT2D eigenvalue weighted by Gasteiger charge is -2.05. The molecule has 0 aliphatic carbocycles. The van der Waals surface area contributed by atoms with Crippen LogP contribution in [0.25, 0.3) is 0 Å². The second kappa shape index (κ2) is 4.95. The van der Waals surface area contributed by atoms with Crippen LogP contribution in [0.15, 0.2) is 24.5 Å². The third kappa shape index (κ3) is 2.43. The van der Waals surface area contributed by atoms with Crippen LogP contribution in [-0.2, 0) is 20.1 Å². The van der Waals surface area contributed by atoms with E-state index in [1.54, 1.807) is 0 Å². The van der Waals surface area contributed by atoms with Gasteiger partial charge in [-0.1, -0.05) is 23.2 Å². The number of H-pyrrole nitrogens is 1. The van der Waals surface area contributed by atoms with Crippen molar-refractivity contribution in [2.45, 2.75) is 13.1 Å². The molecule has 3 nitrogen and oxygen atoms in total. The van der Waals surface area contributed by atoms with Gasteiger partial charge in [0.1, 0.15) is 5.15 Å². The summed E-state index contributed by atoms with van der Waals surface area (Å²) in [6, 6.07) is 3.92. The molecule has 0 unspecified atom stereocenters. The molecule has 2 heterocycles. The molecule has 0 saturated heterocycles. The Morgan fingerprint density at radius 3 is 2.75 bits per heavy atom. The first-order valence-electron chi connectivity index (χ1n) is 5.00. The summed E-state index contributed by atoms with van der Waals surface area (Å²) in [6.45, 7) is 1.57. The van der Waals surface area contributed by atoms with Crippen molar-refractivity contribution in [3.05, 3.63) is 46.0 Å².